The highest BCUT2D eigenvalue weighted by molar-refractivity contribution is 9.10. The molecular weight excluding hydrogens is 362 g/mol. The van der Waals surface area contributed by atoms with E-state index in [-0.39, 0.29) is 6.03 Å². The molecule has 0 aliphatic carbocycles. The van der Waals surface area contributed by atoms with Crippen molar-refractivity contribution in [1.29, 1.82) is 0 Å². The predicted octanol–water partition coefficient (Wildman–Crippen LogP) is 4.00. The average Bonchev–Trinajstić information content (AvgIpc) is 2.45. The molecule has 1 heterocycles. The van der Waals surface area contributed by atoms with Gasteiger partial charge in [-0.1, -0.05) is 23.7 Å². The van der Waals surface area contributed by atoms with Gasteiger partial charge in [0.1, 0.15) is 0 Å². The first-order valence-electron chi connectivity index (χ1n) is 5.71. The Morgan fingerprint density at radius 1 is 1.30 bits per heavy atom. The van der Waals surface area contributed by atoms with Gasteiger partial charge in [0.25, 0.3) is 0 Å². The highest BCUT2D eigenvalue weighted by Gasteiger charge is 2.06. The molecule has 0 fully saturated rings. The number of rotatable bonds is 4. The van der Waals surface area contributed by atoms with Crippen LogP contribution in [0.25, 0.3) is 0 Å². The van der Waals surface area contributed by atoms with Crippen LogP contribution < -0.4 is 10.0 Å². The van der Waals surface area contributed by atoms with Crippen molar-refractivity contribution in [3.05, 3.63) is 57.8 Å². The van der Waals surface area contributed by atoms with E-state index in [1.165, 1.54) is 11.9 Å². The van der Waals surface area contributed by atoms with Gasteiger partial charge >= 0.3 is 6.03 Å². The highest BCUT2D eigenvalue weighted by Crippen LogP contribution is 2.24. The number of halogens is 2. The standard InChI is InChI=1S/C13H11BrClN3OS/c14-9-4-3-7-16-11(9)8-17-13(19)18-20-12-6-2-1-5-10(12)15/h1-7H,8H2,(H2,17,18,19). The number of pyridine rings is 1. The summed E-state index contributed by atoms with van der Waals surface area (Å²) in [7, 11) is 0. The monoisotopic (exact) mass is 371 g/mol. The van der Waals surface area contributed by atoms with Crippen LogP contribution in [0.2, 0.25) is 5.02 Å². The fraction of sp³-hybridized carbons (Fsp3) is 0.0769. The van der Waals surface area contributed by atoms with Crippen molar-refractivity contribution in [3.63, 3.8) is 0 Å². The molecule has 1 aromatic carbocycles. The third-order valence-corrected chi connectivity index (χ3v) is 4.37. The minimum atomic E-state index is -0.299. The molecule has 2 amide bonds. The normalized spacial score (nSPS) is 10.1. The van der Waals surface area contributed by atoms with Crippen molar-refractivity contribution in [1.82, 2.24) is 15.0 Å². The van der Waals surface area contributed by atoms with Gasteiger partial charge in [0, 0.05) is 15.6 Å². The van der Waals surface area contributed by atoms with Crippen LogP contribution in [-0.2, 0) is 6.54 Å². The van der Waals surface area contributed by atoms with E-state index >= 15 is 0 Å². The van der Waals surface area contributed by atoms with Crippen LogP contribution in [0.1, 0.15) is 5.69 Å². The van der Waals surface area contributed by atoms with Gasteiger partial charge in [-0.2, -0.15) is 0 Å². The highest BCUT2D eigenvalue weighted by atomic mass is 79.9. The summed E-state index contributed by atoms with van der Waals surface area (Å²) in [5.74, 6) is 0. The minimum Gasteiger partial charge on any atom is -0.332 e. The maximum atomic E-state index is 11.7. The number of hydrogen-bond acceptors (Lipinski definition) is 3. The first kappa shape index (κ1) is 15.2. The van der Waals surface area contributed by atoms with Gasteiger partial charge in [-0.05, 0) is 52.1 Å². The molecular formula is C13H11BrClN3OS. The molecule has 2 aromatic rings. The summed E-state index contributed by atoms with van der Waals surface area (Å²) < 4.78 is 3.53. The molecule has 104 valence electrons. The lowest BCUT2D eigenvalue weighted by Crippen LogP contribution is -2.31. The van der Waals surface area contributed by atoms with Crippen LogP contribution in [0, 0.1) is 0 Å². The van der Waals surface area contributed by atoms with E-state index in [0.717, 1.165) is 15.1 Å². The van der Waals surface area contributed by atoms with Gasteiger partial charge in [0.05, 0.1) is 17.3 Å². The average molecular weight is 373 g/mol. The Balaban J connectivity index is 1.82. The molecule has 2 rings (SSSR count). The Kier molecular flexibility index (Phi) is 5.70. The number of nitrogens with one attached hydrogen (secondary N) is 2. The first-order valence-corrected chi connectivity index (χ1v) is 7.70. The number of amides is 2. The Labute approximate surface area is 134 Å². The zero-order chi connectivity index (χ0) is 14.4. The summed E-state index contributed by atoms with van der Waals surface area (Å²) in [5, 5.41) is 3.33. The van der Waals surface area contributed by atoms with E-state index in [2.05, 4.69) is 31.0 Å². The number of carbonyl (C=O) groups is 1. The summed E-state index contributed by atoms with van der Waals surface area (Å²) in [6.07, 6.45) is 1.68. The molecule has 0 aliphatic heterocycles. The Morgan fingerprint density at radius 2 is 2.10 bits per heavy atom. The van der Waals surface area contributed by atoms with E-state index < -0.39 is 0 Å². The van der Waals surface area contributed by atoms with E-state index in [1.807, 2.05) is 30.3 Å². The molecule has 1 aromatic heterocycles. The summed E-state index contributed by atoms with van der Waals surface area (Å²) in [6.45, 7) is 0.344. The molecule has 0 atom stereocenters. The van der Waals surface area contributed by atoms with Gasteiger partial charge in [-0.3, -0.25) is 9.71 Å². The maximum absolute atomic E-state index is 11.7. The second-order valence-corrected chi connectivity index (χ2v) is 5.86. The lowest BCUT2D eigenvalue weighted by atomic mass is 10.3. The van der Waals surface area contributed by atoms with Crippen LogP contribution in [0.4, 0.5) is 4.79 Å². The summed E-state index contributed by atoms with van der Waals surface area (Å²) in [5.41, 5.74) is 0.769. The van der Waals surface area contributed by atoms with Crippen LogP contribution in [0.3, 0.4) is 0 Å². The van der Waals surface area contributed by atoms with Crippen molar-refractivity contribution in [2.24, 2.45) is 0 Å². The summed E-state index contributed by atoms with van der Waals surface area (Å²) in [6, 6.07) is 10.7. The number of carbonyl (C=O) groups excluding carboxylic acids is 1. The molecule has 0 saturated carbocycles. The minimum absolute atomic E-state index is 0.299. The van der Waals surface area contributed by atoms with Crippen molar-refractivity contribution in [3.8, 4) is 0 Å². The summed E-state index contributed by atoms with van der Waals surface area (Å²) >= 11 is 10.5. The van der Waals surface area contributed by atoms with Gasteiger partial charge in [-0.15, -0.1) is 0 Å². The molecule has 0 saturated heterocycles. The molecule has 4 nitrogen and oxygen atoms in total. The van der Waals surface area contributed by atoms with Crippen molar-refractivity contribution in [2.75, 3.05) is 0 Å². The number of urea groups is 1. The van der Waals surface area contributed by atoms with Gasteiger partial charge in [-0.25, -0.2) is 4.79 Å². The molecule has 20 heavy (non-hydrogen) atoms. The third-order valence-electron chi connectivity index (χ3n) is 2.34. The van der Waals surface area contributed by atoms with Crippen molar-refractivity contribution in [2.45, 2.75) is 11.4 Å². The first-order chi connectivity index (χ1) is 9.66. The number of hydrogen-bond donors (Lipinski definition) is 2. The van der Waals surface area contributed by atoms with Gasteiger partial charge in [0.15, 0.2) is 0 Å². The van der Waals surface area contributed by atoms with Crippen LogP contribution in [-0.4, -0.2) is 11.0 Å². The Bertz CT molecular complexity index is 560. The van der Waals surface area contributed by atoms with Gasteiger partial charge in [0.2, 0.25) is 0 Å². The summed E-state index contributed by atoms with van der Waals surface area (Å²) in [4.78, 5) is 16.6. The fourth-order valence-corrected chi connectivity index (χ4v) is 2.61. The van der Waals surface area contributed by atoms with E-state index in [0.29, 0.717) is 11.6 Å². The Morgan fingerprint density at radius 3 is 2.85 bits per heavy atom. The number of benzene rings is 1. The molecule has 0 radical (unpaired) electrons. The molecule has 7 heteroatoms. The molecule has 0 spiro atoms. The molecule has 2 N–H and O–H groups in total. The van der Waals surface area contributed by atoms with Crippen molar-refractivity contribution < 1.29 is 4.79 Å². The van der Waals surface area contributed by atoms with Gasteiger partial charge < -0.3 is 5.32 Å². The van der Waals surface area contributed by atoms with E-state index in [4.69, 9.17) is 11.6 Å². The van der Waals surface area contributed by atoms with E-state index in [9.17, 15) is 4.79 Å². The zero-order valence-electron chi connectivity index (χ0n) is 10.3. The van der Waals surface area contributed by atoms with Crippen LogP contribution >= 0.6 is 39.5 Å². The van der Waals surface area contributed by atoms with Crippen LogP contribution in [0.15, 0.2) is 52.0 Å². The second-order valence-electron chi connectivity index (χ2n) is 3.75. The quantitative estimate of drug-likeness (QED) is 0.798. The third kappa shape index (κ3) is 4.40. The van der Waals surface area contributed by atoms with Crippen molar-refractivity contribution >= 4 is 45.5 Å². The lowest BCUT2D eigenvalue weighted by molar-refractivity contribution is 0.246. The fourth-order valence-electron chi connectivity index (χ4n) is 1.38. The predicted molar refractivity (Wildman–Crippen MR) is 84.6 cm³/mol. The number of nitrogens with zero attached hydrogens (tertiary/aromatic N) is 1. The zero-order valence-corrected chi connectivity index (χ0v) is 13.4. The Hall–Kier alpha value is -1.24. The SMILES string of the molecule is O=C(NCc1ncccc1Br)NSc1ccccc1Cl. The smallest absolute Gasteiger partial charge is 0.325 e. The maximum Gasteiger partial charge on any atom is 0.325 e. The lowest BCUT2D eigenvalue weighted by Gasteiger charge is -2.08. The van der Waals surface area contributed by atoms with E-state index in [1.54, 1.807) is 12.3 Å². The topological polar surface area (TPSA) is 54.0 Å². The molecule has 0 unspecified atom stereocenters. The molecule has 0 bridgehead atoms. The number of aromatic nitrogens is 1. The second kappa shape index (κ2) is 7.52. The largest absolute Gasteiger partial charge is 0.332 e. The molecule has 0 aliphatic rings. The van der Waals surface area contributed by atoms with Crippen LogP contribution in [0.5, 0.6) is 0 Å².